The molecule has 2 rings (SSSR count). The van der Waals surface area contributed by atoms with E-state index >= 15 is 0 Å². The SMILES string of the molecule is CCC(C)Oc1nc(C)cc2cccc(C)c12. The van der Waals surface area contributed by atoms with E-state index in [4.69, 9.17) is 4.74 Å². The summed E-state index contributed by atoms with van der Waals surface area (Å²) < 4.78 is 5.93. The molecular weight excluding hydrogens is 210 g/mol. The van der Waals surface area contributed by atoms with E-state index in [0.717, 1.165) is 23.4 Å². The molecule has 0 saturated heterocycles. The minimum absolute atomic E-state index is 0.201. The fourth-order valence-corrected chi connectivity index (χ4v) is 1.94. The van der Waals surface area contributed by atoms with E-state index in [1.165, 1.54) is 10.9 Å². The van der Waals surface area contributed by atoms with Crippen molar-refractivity contribution >= 4 is 10.8 Å². The van der Waals surface area contributed by atoms with E-state index in [-0.39, 0.29) is 6.10 Å². The first kappa shape index (κ1) is 11.9. The molecule has 0 amide bonds. The molecule has 1 aromatic carbocycles. The summed E-state index contributed by atoms with van der Waals surface area (Å²) >= 11 is 0. The zero-order chi connectivity index (χ0) is 12.4. The molecule has 1 heterocycles. The maximum atomic E-state index is 5.93. The van der Waals surface area contributed by atoms with Crippen molar-refractivity contribution in [1.82, 2.24) is 4.98 Å². The Labute approximate surface area is 103 Å². The van der Waals surface area contributed by atoms with Crippen LogP contribution in [0.2, 0.25) is 0 Å². The summed E-state index contributed by atoms with van der Waals surface area (Å²) in [5.41, 5.74) is 2.22. The van der Waals surface area contributed by atoms with Crippen LogP contribution in [-0.4, -0.2) is 11.1 Å². The summed E-state index contributed by atoms with van der Waals surface area (Å²) in [6.45, 7) is 8.30. The Bertz CT molecular complexity index is 534. The molecule has 0 saturated carbocycles. The topological polar surface area (TPSA) is 22.1 Å². The van der Waals surface area contributed by atoms with Crippen molar-refractivity contribution in [3.05, 3.63) is 35.5 Å². The maximum absolute atomic E-state index is 5.93. The standard InChI is InChI=1S/C15H19NO/c1-5-12(4)17-15-14-10(2)7-6-8-13(14)9-11(3)16-15/h6-9,12H,5H2,1-4H3. The molecule has 2 aromatic rings. The molecule has 17 heavy (non-hydrogen) atoms. The molecule has 0 spiro atoms. The minimum atomic E-state index is 0.201. The Balaban J connectivity index is 2.60. The highest BCUT2D eigenvalue weighted by molar-refractivity contribution is 5.90. The number of aryl methyl sites for hydroxylation is 2. The number of nitrogens with zero attached hydrogens (tertiary/aromatic N) is 1. The first-order valence-corrected chi connectivity index (χ1v) is 6.15. The van der Waals surface area contributed by atoms with Gasteiger partial charge in [-0.1, -0.05) is 25.1 Å². The average molecular weight is 229 g/mol. The molecule has 2 heteroatoms. The summed E-state index contributed by atoms with van der Waals surface area (Å²) in [5, 5.41) is 2.34. The number of ether oxygens (including phenoxy) is 1. The second kappa shape index (κ2) is 4.74. The van der Waals surface area contributed by atoms with Crippen molar-refractivity contribution < 1.29 is 4.74 Å². The molecule has 0 fully saturated rings. The Morgan fingerprint density at radius 1 is 1.29 bits per heavy atom. The van der Waals surface area contributed by atoms with Crippen LogP contribution in [0, 0.1) is 13.8 Å². The monoisotopic (exact) mass is 229 g/mol. The first-order chi connectivity index (χ1) is 8.11. The fraction of sp³-hybridized carbons (Fsp3) is 0.400. The quantitative estimate of drug-likeness (QED) is 0.792. The summed E-state index contributed by atoms with van der Waals surface area (Å²) in [7, 11) is 0. The van der Waals surface area contributed by atoms with Crippen molar-refractivity contribution in [1.29, 1.82) is 0 Å². The third kappa shape index (κ3) is 2.41. The van der Waals surface area contributed by atoms with Gasteiger partial charge < -0.3 is 4.74 Å². The van der Waals surface area contributed by atoms with E-state index in [0.29, 0.717) is 0 Å². The van der Waals surface area contributed by atoms with Gasteiger partial charge in [0.1, 0.15) is 0 Å². The number of hydrogen-bond acceptors (Lipinski definition) is 2. The third-order valence-corrected chi connectivity index (χ3v) is 3.05. The van der Waals surface area contributed by atoms with Crippen molar-refractivity contribution in [2.75, 3.05) is 0 Å². The molecule has 0 aliphatic heterocycles. The number of rotatable bonds is 3. The van der Waals surface area contributed by atoms with Gasteiger partial charge in [0.2, 0.25) is 5.88 Å². The van der Waals surface area contributed by atoms with E-state index in [9.17, 15) is 0 Å². The molecule has 0 bridgehead atoms. The number of pyridine rings is 1. The molecule has 0 radical (unpaired) electrons. The van der Waals surface area contributed by atoms with Gasteiger partial charge in [-0.2, -0.15) is 0 Å². The predicted octanol–water partition coefficient (Wildman–Crippen LogP) is 4.03. The first-order valence-electron chi connectivity index (χ1n) is 6.15. The second-order valence-corrected chi connectivity index (χ2v) is 4.58. The van der Waals surface area contributed by atoms with E-state index in [1.54, 1.807) is 0 Å². The lowest BCUT2D eigenvalue weighted by Crippen LogP contribution is -2.11. The van der Waals surface area contributed by atoms with Crippen LogP contribution in [0.4, 0.5) is 0 Å². The molecular formula is C15H19NO. The molecule has 1 aromatic heterocycles. The van der Waals surface area contributed by atoms with Gasteiger partial charge in [0.25, 0.3) is 0 Å². The summed E-state index contributed by atoms with van der Waals surface area (Å²) in [6.07, 6.45) is 1.19. The van der Waals surface area contributed by atoms with Crippen LogP contribution in [0.3, 0.4) is 0 Å². The van der Waals surface area contributed by atoms with Crippen LogP contribution in [0.25, 0.3) is 10.8 Å². The van der Waals surface area contributed by atoms with Crippen molar-refractivity contribution in [3.8, 4) is 5.88 Å². The fourth-order valence-electron chi connectivity index (χ4n) is 1.94. The van der Waals surface area contributed by atoms with Crippen LogP contribution < -0.4 is 4.74 Å². The molecule has 0 aliphatic rings. The van der Waals surface area contributed by atoms with E-state index in [2.05, 4.69) is 50.0 Å². The van der Waals surface area contributed by atoms with Crippen LogP contribution in [0.15, 0.2) is 24.3 Å². The lowest BCUT2D eigenvalue weighted by atomic mass is 10.1. The van der Waals surface area contributed by atoms with Gasteiger partial charge >= 0.3 is 0 Å². The molecule has 2 nitrogen and oxygen atoms in total. The average Bonchev–Trinajstić information content (AvgIpc) is 2.28. The minimum Gasteiger partial charge on any atom is -0.474 e. The second-order valence-electron chi connectivity index (χ2n) is 4.58. The highest BCUT2D eigenvalue weighted by Gasteiger charge is 2.10. The molecule has 1 unspecified atom stereocenters. The summed E-state index contributed by atoms with van der Waals surface area (Å²) in [5.74, 6) is 0.771. The maximum Gasteiger partial charge on any atom is 0.222 e. The normalized spacial score (nSPS) is 12.7. The Morgan fingerprint density at radius 2 is 2.06 bits per heavy atom. The summed E-state index contributed by atoms with van der Waals surface area (Å²) in [6, 6.07) is 8.39. The van der Waals surface area contributed by atoms with Crippen LogP contribution in [0.5, 0.6) is 5.88 Å². The number of aromatic nitrogens is 1. The smallest absolute Gasteiger partial charge is 0.222 e. The van der Waals surface area contributed by atoms with Gasteiger partial charge in [-0.15, -0.1) is 0 Å². The lowest BCUT2D eigenvalue weighted by molar-refractivity contribution is 0.211. The van der Waals surface area contributed by atoms with Gasteiger partial charge in [0.05, 0.1) is 6.10 Å². The van der Waals surface area contributed by atoms with Crippen molar-refractivity contribution in [2.24, 2.45) is 0 Å². The number of hydrogen-bond donors (Lipinski definition) is 0. The van der Waals surface area contributed by atoms with E-state index < -0.39 is 0 Å². The van der Waals surface area contributed by atoms with Crippen LogP contribution >= 0.6 is 0 Å². The number of fused-ring (bicyclic) bond motifs is 1. The van der Waals surface area contributed by atoms with Gasteiger partial charge in [-0.25, -0.2) is 4.98 Å². The van der Waals surface area contributed by atoms with Gasteiger partial charge in [-0.05, 0) is 44.2 Å². The highest BCUT2D eigenvalue weighted by atomic mass is 16.5. The van der Waals surface area contributed by atoms with Crippen LogP contribution in [0.1, 0.15) is 31.5 Å². The van der Waals surface area contributed by atoms with Crippen molar-refractivity contribution in [2.45, 2.75) is 40.2 Å². The molecule has 0 N–H and O–H groups in total. The van der Waals surface area contributed by atoms with Gasteiger partial charge in [0.15, 0.2) is 0 Å². The molecule has 90 valence electrons. The Kier molecular flexibility index (Phi) is 3.32. The number of benzene rings is 1. The lowest BCUT2D eigenvalue weighted by Gasteiger charge is -2.15. The van der Waals surface area contributed by atoms with Crippen molar-refractivity contribution in [3.63, 3.8) is 0 Å². The third-order valence-electron chi connectivity index (χ3n) is 3.05. The zero-order valence-corrected chi connectivity index (χ0v) is 10.9. The Morgan fingerprint density at radius 3 is 2.76 bits per heavy atom. The Hall–Kier alpha value is -1.57. The van der Waals surface area contributed by atoms with Crippen LogP contribution in [-0.2, 0) is 0 Å². The molecule has 0 aliphatic carbocycles. The summed E-state index contributed by atoms with van der Waals surface area (Å²) in [4.78, 5) is 4.53. The van der Waals surface area contributed by atoms with Gasteiger partial charge in [-0.3, -0.25) is 0 Å². The molecule has 1 atom stereocenters. The van der Waals surface area contributed by atoms with E-state index in [1.807, 2.05) is 6.92 Å². The highest BCUT2D eigenvalue weighted by Crippen LogP contribution is 2.28. The zero-order valence-electron chi connectivity index (χ0n) is 10.9. The van der Waals surface area contributed by atoms with Gasteiger partial charge in [0, 0.05) is 11.1 Å². The predicted molar refractivity (Wildman–Crippen MR) is 71.6 cm³/mol. The largest absolute Gasteiger partial charge is 0.474 e.